The second-order valence-corrected chi connectivity index (χ2v) is 5.42. The normalized spacial score (nSPS) is 16.7. The number of carbonyl (C=O) groups excluding carboxylic acids is 1. The minimum atomic E-state index is -0.449. The van der Waals surface area contributed by atoms with Gasteiger partial charge in [-0.3, -0.25) is 19.8 Å². The lowest BCUT2D eigenvalue weighted by molar-refractivity contribution is -0.384. The van der Waals surface area contributed by atoms with Gasteiger partial charge >= 0.3 is 0 Å². The molecule has 0 aliphatic carbocycles. The third-order valence-corrected chi connectivity index (χ3v) is 3.69. The van der Waals surface area contributed by atoms with E-state index in [-0.39, 0.29) is 17.6 Å². The molecule has 1 fully saturated rings. The molecule has 1 amide bonds. The molecule has 0 bridgehead atoms. The van der Waals surface area contributed by atoms with E-state index >= 15 is 0 Å². The van der Waals surface area contributed by atoms with Gasteiger partial charge in [-0.15, -0.1) is 0 Å². The van der Waals surface area contributed by atoms with E-state index in [0.717, 1.165) is 25.9 Å². The number of benzene rings is 1. The summed E-state index contributed by atoms with van der Waals surface area (Å²) in [7, 11) is 0. The molecule has 7 nitrogen and oxygen atoms in total. The molecule has 1 aliphatic rings. The summed E-state index contributed by atoms with van der Waals surface area (Å²) in [5.74, 6) is -0.109. The molecule has 7 heteroatoms. The number of amides is 1. The number of hydrogen-bond donors (Lipinski definition) is 2. The van der Waals surface area contributed by atoms with Gasteiger partial charge in [-0.2, -0.15) is 0 Å². The number of piperidine rings is 1. The zero-order valence-electron chi connectivity index (χ0n) is 12.0. The van der Waals surface area contributed by atoms with Gasteiger partial charge < -0.3 is 11.1 Å². The molecule has 1 aromatic rings. The minimum Gasteiger partial charge on any atom is -0.328 e. The van der Waals surface area contributed by atoms with E-state index in [1.165, 1.54) is 12.1 Å². The van der Waals surface area contributed by atoms with E-state index in [1.807, 2.05) is 0 Å². The fourth-order valence-electron chi connectivity index (χ4n) is 2.41. The van der Waals surface area contributed by atoms with E-state index < -0.39 is 4.92 Å². The average molecular weight is 292 g/mol. The van der Waals surface area contributed by atoms with Crippen LogP contribution in [0, 0.1) is 17.0 Å². The van der Waals surface area contributed by atoms with Crippen molar-refractivity contribution in [3.8, 4) is 0 Å². The van der Waals surface area contributed by atoms with Crippen LogP contribution in [0.3, 0.4) is 0 Å². The van der Waals surface area contributed by atoms with E-state index in [9.17, 15) is 14.9 Å². The molecule has 2 rings (SSSR count). The quantitative estimate of drug-likeness (QED) is 0.642. The summed E-state index contributed by atoms with van der Waals surface area (Å²) in [5, 5.41) is 13.5. The van der Waals surface area contributed by atoms with Gasteiger partial charge in [0.15, 0.2) is 0 Å². The molecule has 21 heavy (non-hydrogen) atoms. The number of non-ortho nitro benzene ring substituents is 1. The van der Waals surface area contributed by atoms with Crippen molar-refractivity contribution in [1.82, 2.24) is 4.90 Å². The molecule has 1 heterocycles. The van der Waals surface area contributed by atoms with Crippen LogP contribution in [0.25, 0.3) is 0 Å². The highest BCUT2D eigenvalue weighted by Gasteiger charge is 2.18. The van der Waals surface area contributed by atoms with Gasteiger partial charge in [0.1, 0.15) is 0 Å². The molecule has 1 aromatic carbocycles. The Kier molecular flexibility index (Phi) is 4.87. The third-order valence-electron chi connectivity index (χ3n) is 3.69. The van der Waals surface area contributed by atoms with Crippen LogP contribution in [0.5, 0.6) is 0 Å². The van der Waals surface area contributed by atoms with Crippen molar-refractivity contribution in [3.05, 3.63) is 33.9 Å². The van der Waals surface area contributed by atoms with Crippen LogP contribution in [0.1, 0.15) is 18.4 Å². The third kappa shape index (κ3) is 4.24. The molecule has 0 atom stereocenters. The highest BCUT2D eigenvalue weighted by molar-refractivity contribution is 5.93. The molecule has 0 radical (unpaired) electrons. The second kappa shape index (κ2) is 6.64. The Hall–Kier alpha value is -1.99. The Bertz CT molecular complexity index is 539. The summed E-state index contributed by atoms with van der Waals surface area (Å²) in [6.07, 6.45) is 1.81. The first-order valence-electron chi connectivity index (χ1n) is 6.98. The van der Waals surface area contributed by atoms with Crippen molar-refractivity contribution in [1.29, 1.82) is 0 Å². The Morgan fingerprint density at radius 2 is 2.14 bits per heavy atom. The number of carbonyl (C=O) groups is 1. The van der Waals surface area contributed by atoms with Gasteiger partial charge in [-0.25, -0.2) is 0 Å². The summed E-state index contributed by atoms with van der Waals surface area (Å²) >= 11 is 0. The van der Waals surface area contributed by atoms with E-state index in [0.29, 0.717) is 17.8 Å². The lowest BCUT2D eigenvalue weighted by Gasteiger charge is -2.29. The Morgan fingerprint density at radius 1 is 1.48 bits per heavy atom. The largest absolute Gasteiger partial charge is 0.328 e. The highest BCUT2D eigenvalue weighted by atomic mass is 16.6. The van der Waals surface area contributed by atoms with Crippen LogP contribution in [0.15, 0.2) is 18.2 Å². The summed E-state index contributed by atoms with van der Waals surface area (Å²) in [6, 6.07) is 4.65. The number of nitro groups is 1. The van der Waals surface area contributed by atoms with Crippen molar-refractivity contribution in [2.45, 2.75) is 25.8 Å². The number of nitrogens with zero attached hydrogens (tertiary/aromatic N) is 2. The predicted molar refractivity (Wildman–Crippen MR) is 80.1 cm³/mol. The van der Waals surface area contributed by atoms with E-state index in [1.54, 1.807) is 13.0 Å². The topological polar surface area (TPSA) is 102 Å². The van der Waals surface area contributed by atoms with Gasteiger partial charge in [0.2, 0.25) is 5.91 Å². The maximum Gasteiger partial charge on any atom is 0.269 e. The number of hydrogen-bond acceptors (Lipinski definition) is 5. The predicted octanol–water partition coefficient (Wildman–Crippen LogP) is 1.26. The molecule has 1 saturated heterocycles. The van der Waals surface area contributed by atoms with Crippen LogP contribution < -0.4 is 11.1 Å². The molecule has 0 aromatic heterocycles. The van der Waals surface area contributed by atoms with Crippen LogP contribution in [0.2, 0.25) is 0 Å². The maximum absolute atomic E-state index is 12.0. The van der Waals surface area contributed by atoms with Gasteiger partial charge in [0.25, 0.3) is 5.69 Å². The monoisotopic (exact) mass is 292 g/mol. The first-order chi connectivity index (χ1) is 9.95. The van der Waals surface area contributed by atoms with Crippen molar-refractivity contribution in [2.75, 3.05) is 25.0 Å². The number of rotatable bonds is 4. The molecule has 1 aliphatic heterocycles. The number of nitro benzene ring substituents is 1. The molecular formula is C14H20N4O3. The van der Waals surface area contributed by atoms with Gasteiger partial charge in [-0.05, 0) is 31.4 Å². The van der Waals surface area contributed by atoms with E-state index in [2.05, 4.69) is 10.2 Å². The zero-order valence-corrected chi connectivity index (χ0v) is 12.0. The first kappa shape index (κ1) is 15.4. The zero-order chi connectivity index (χ0) is 15.4. The van der Waals surface area contributed by atoms with Crippen LogP contribution in [-0.2, 0) is 4.79 Å². The van der Waals surface area contributed by atoms with Crippen molar-refractivity contribution in [2.24, 2.45) is 5.73 Å². The molecule has 114 valence electrons. The van der Waals surface area contributed by atoms with Crippen LogP contribution in [-0.4, -0.2) is 41.4 Å². The Balaban J connectivity index is 1.92. The number of anilines is 1. The van der Waals surface area contributed by atoms with Gasteiger partial charge in [-0.1, -0.05) is 0 Å². The van der Waals surface area contributed by atoms with Crippen LogP contribution in [0.4, 0.5) is 11.4 Å². The molecule has 0 spiro atoms. The van der Waals surface area contributed by atoms with E-state index in [4.69, 9.17) is 5.73 Å². The fraction of sp³-hybridized carbons (Fsp3) is 0.500. The number of nitrogens with one attached hydrogen (secondary N) is 1. The van der Waals surface area contributed by atoms with Gasteiger partial charge in [0, 0.05) is 37.0 Å². The molecule has 0 unspecified atom stereocenters. The van der Waals surface area contributed by atoms with Crippen LogP contribution >= 0.6 is 0 Å². The van der Waals surface area contributed by atoms with Crippen molar-refractivity contribution >= 4 is 17.3 Å². The number of aryl methyl sites for hydroxylation is 1. The van der Waals surface area contributed by atoms with Crippen molar-refractivity contribution < 1.29 is 9.72 Å². The summed E-state index contributed by atoms with van der Waals surface area (Å²) < 4.78 is 0. The van der Waals surface area contributed by atoms with Crippen molar-refractivity contribution in [3.63, 3.8) is 0 Å². The second-order valence-electron chi connectivity index (χ2n) is 5.42. The maximum atomic E-state index is 12.0. The lowest BCUT2D eigenvalue weighted by Crippen LogP contribution is -2.43. The summed E-state index contributed by atoms with van der Waals surface area (Å²) in [6.45, 7) is 3.72. The first-order valence-corrected chi connectivity index (χ1v) is 6.98. The standard InChI is InChI=1S/C14H20N4O3/c1-10-8-12(18(20)21)2-3-13(10)16-14(19)9-17-6-4-11(15)5-7-17/h2-3,8,11H,4-7,9,15H2,1H3,(H,16,19). The fourth-order valence-corrected chi connectivity index (χ4v) is 2.41. The molecular weight excluding hydrogens is 272 g/mol. The lowest BCUT2D eigenvalue weighted by atomic mass is 10.1. The Labute approximate surface area is 123 Å². The minimum absolute atomic E-state index is 0.0236. The Morgan fingerprint density at radius 3 is 2.71 bits per heavy atom. The smallest absolute Gasteiger partial charge is 0.269 e. The summed E-state index contributed by atoms with van der Waals surface area (Å²) in [4.78, 5) is 24.3. The molecule has 0 saturated carbocycles. The summed E-state index contributed by atoms with van der Waals surface area (Å²) in [5.41, 5.74) is 7.14. The van der Waals surface area contributed by atoms with Gasteiger partial charge in [0.05, 0.1) is 11.5 Å². The highest BCUT2D eigenvalue weighted by Crippen LogP contribution is 2.21. The molecule has 3 N–H and O–H groups in total. The SMILES string of the molecule is Cc1cc([N+](=O)[O-])ccc1NC(=O)CN1CCC(N)CC1. The average Bonchev–Trinajstić information content (AvgIpc) is 2.43. The number of likely N-dealkylation sites (tertiary alicyclic amines) is 1. The number of nitrogens with two attached hydrogens (primary N) is 1.